The van der Waals surface area contributed by atoms with Gasteiger partial charge in [0.15, 0.2) is 0 Å². The van der Waals surface area contributed by atoms with Gasteiger partial charge >= 0.3 is 12.1 Å². The second-order valence-electron chi connectivity index (χ2n) is 4.09. The molecule has 0 aromatic carbocycles. The molecular weight excluding hydrogens is 230 g/mol. The molecule has 1 unspecified atom stereocenters. The van der Waals surface area contributed by atoms with Crippen LogP contribution in [0.3, 0.4) is 0 Å². The van der Waals surface area contributed by atoms with Gasteiger partial charge in [0.1, 0.15) is 6.04 Å². The quantitative estimate of drug-likeness (QED) is 0.813. The molecule has 0 radical (unpaired) electrons. The van der Waals surface area contributed by atoms with E-state index in [9.17, 15) is 9.59 Å². The monoisotopic (exact) mass is 247 g/mol. The van der Waals surface area contributed by atoms with E-state index < -0.39 is 18.1 Å². The molecule has 6 heteroatoms. The lowest BCUT2D eigenvalue weighted by Gasteiger charge is -2.31. The number of carboxylic acids is 1. The summed E-state index contributed by atoms with van der Waals surface area (Å²) in [5.74, 6) is 0.493. The van der Waals surface area contributed by atoms with E-state index in [1.807, 2.05) is 13.8 Å². The van der Waals surface area contributed by atoms with Crippen LogP contribution in [0.2, 0.25) is 0 Å². The third-order valence-corrected chi connectivity index (χ3v) is 3.21. The lowest BCUT2D eigenvalue weighted by molar-refractivity contribution is -0.141. The Kier molecular flexibility index (Phi) is 4.92. The molecule has 5 nitrogen and oxygen atoms in total. The normalized spacial score (nSPS) is 20.9. The minimum Gasteiger partial charge on any atom is -0.480 e. The minimum atomic E-state index is -0.964. The van der Waals surface area contributed by atoms with E-state index in [2.05, 4.69) is 0 Å². The van der Waals surface area contributed by atoms with E-state index in [4.69, 9.17) is 9.84 Å². The average Bonchev–Trinajstić information content (AvgIpc) is 2.25. The molecule has 1 heterocycles. The van der Waals surface area contributed by atoms with Crippen LogP contribution in [0.1, 0.15) is 13.8 Å². The minimum absolute atomic E-state index is 0.256. The number of amides is 1. The van der Waals surface area contributed by atoms with Crippen molar-refractivity contribution >= 4 is 23.8 Å². The Morgan fingerprint density at radius 2 is 2.25 bits per heavy atom. The number of nitrogens with zero attached hydrogens (tertiary/aromatic N) is 1. The van der Waals surface area contributed by atoms with Gasteiger partial charge in [0, 0.05) is 18.1 Å². The van der Waals surface area contributed by atoms with Gasteiger partial charge in [-0.2, -0.15) is 11.8 Å². The number of hydrogen-bond donors (Lipinski definition) is 1. The summed E-state index contributed by atoms with van der Waals surface area (Å²) in [6, 6.07) is -0.751. The predicted molar refractivity (Wildman–Crippen MR) is 61.6 cm³/mol. The maximum Gasteiger partial charge on any atom is 0.410 e. The Morgan fingerprint density at radius 1 is 1.56 bits per heavy atom. The number of thioether (sulfide) groups is 1. The lowest BCUT2D eigenvalue weighted by Crippen LogP contribution is -2.50. The number of ether oxygens (including phenoxy) is 1. The molecule has 92 valence electrons. The van der Waals surface area contributed by atoms with Crippen molar-refractivity contribution in [1.82, 2.24) is 4.90 Å². The van der Waals surface area contributed by atoms with Crippen LogP contribution in [0.5, 0.6) is 0 Å². The second-order valence-corrected chi connectivity index (χ2v) is 5.24. The van der Waals surface area contributed by atoms with Crippen molar-refractivity contribution in [2.75, 3.05) is 24.7 Å². The first kappa shape index (κ1) is 13.2. The van der Waals surface area contributed by atoms with Crippen molar-refractivity contribution in [2.45, 2.75) is 19.9 Å². The van der Waals surface area contributed by atoms with Gasteiger partial charge in [-0.05, 0) is 5.92 Å². The third-order valence-electron chi connectivity index (χ3n) is 2.19. The lowest BCUT2D eigenvalue weighted by atomic mass is 10.2. The summed E-state index contributed by atoms with van der Waals surface area (Å²) in [6.45, 7) is 4.65. The molecular formula is C10H17NO4S. The highest BCUT2D eigenvalue weighted by Crippen LogP contribution is 2.17. The van der Waals surface area contributed by atoms with Gasteiger partial charge in [0.2, 0.25) is 0 Å². The number of carboxylic acid groups (broad SMARTS) is 1. The van der Waals surface area contributed by atoms with Crippen LogP contribution in [0.25, 0.3) is 0 Å². The maximum atomic E-state index is 11.6. The van der Waals surface area contributed by atoms with Crippen molar-refractivity contribution in [3.8, 4) is 0 Å². The summed E-state index contributed by atoms with van der Waals surface area (Å²) >= 11 is 1.55. The average molecular weight is 247 g/mol. The standard InChI is InChI=1S/C10H17NO4S/c1-7(2)5-15-10(14)11-3-4-16-6-8(11)9(12)13/h7-8H,3-6H2,1-2H3,(H,12,13). The number of carbonyl (C=O) groups is 2. The van der Waals surface area contributed by atoms with E-state index in [1.54, 1.807) is 11.8 Å². The molecule has 1 saturated heterocycles. The molecule has 1 amide bonds. The summed E-state index contributed by atoms with van der Waals surface area (Å²) in [7, 11) is 0. The summed E-state index contributed by atoms with van der Waals surface area (Å²) < 4.78 is 5.04. The molecule has 0 aliphatic carbocycles. The van der Waals surface area contributed by atoms with Crippen LogP contribution < -0.4 is 0 Å². The summed E-state index contributed by atoms with van der Waals surface area (Å²) in [6.07, 6.45) is -0.513. The van der Waals surface area contributed by atoms with Gasteiger partial charge in [-0.25, -0.2) is 9.59 Å². The molecule has 1 N–H and O–H groups in total. The molecule has 1 fully saturated rings. The molecule has 0 saturated carbocycles. The maximum absolute atomic E-state index is 11.6. The van der Waals surface area contributed by atoms with Gasteiger partial charge in [-0.1, -0.05) is 13.8 Å². The molecule has 1 rings (SSSR count). The Balaban J connectivity index is 2.54. The van der Waals surface area contributed by atoms with E-state index >= 15 is 0 Å². The van der Waals surface area contributed by atoms with E-state index in [-0.39, 0.29) is 5.92 Å². The molecule has 0 aromatic rings. The van der Waals surface area contributed by atoms with Crippen LogP contribution in [-0.2, 0) is 9.53 Å². The zero-order valence-electron chi connectivity index (χ0n) is 9.51. The smallest absolute Gasteiger partial charge is 0.410 e. The second kappa shape index (κ2) is 5.98. The van der Waals surface area contributed by atoms with Crippen molar-refractivity contribution in [3.05, 3.63) is 0 Å². The van der Waals surface area contributed by atoms with Crippen molar-refractivity contribution in [2.24, 2.45) is 5.92 Å². The van der Waals surface area contributed by atoms with Crippen LogP contribution >= 0.6 is 11.8 Å². The number of carbonyl (C=O) groups excluding carboxylic acids is 1. The van der Waals surface area contributed by atoms with E-state index in [0.29, 0.717) is 18.9 Å². The Morgan fingerprint density at radius 3 is 2.81 bits per heavy atom. The van der Waals surface area contributed by atoms with E-state index in [1.165, 1.54) is 4.90 Å². The zero-order valence-corrected chi connectivity index (χ0v) is 10.3. The van der Waals surface area contributed by atoms with Crippen LogP contribution in [0, 0.1) is 5.92 Å². The number of aliphatic carboxylic acids is 1. The van der Waals surface area contributed by atoms with Crippen LogP contribution in [-0.4, -0.2) is 52.8 Å². The van der Waals surface area contributed by atoms with Gasteiger partial charge in [-0.15, -0.1) is 0 Å². The Bertz CT molecular complexity index is 270. The first-order chi connectivity index (χ1) is 7.52. The van der Waals surface area contributed by atoms with Gasteiger partial charge in [0.05, 0.1) is 6.61 Å². The number of rotatable bonds is 3. The largest absolute Gasteiger partial charge is 0.480 e. The highest BCUT2D eigenvalue weighted by Gasteiger charge is 2.33. The Labute approximate surface area is 99.1 Å². The molecule has 16 heavy (non-hydrogen) atoms. The third kappa shape index (κ3) is 3.59. The van der Waals surface area contributed by atoms with Crippen LogP contribution in [0.15, 0.2) is 0 Å². The summed E-state index contributed by atoms with van der Waals surface area (Å²) in [5.41, 5.74) is 0. The molecule has 1 aliphatic heterocycles. The highest BCUT2D eigenvalue weighted by molar-refractivity contribution is 7.99. The van der Waals surface area contributed by atoms with Gasteiger partial charge in [-0.3, -0.25) is 4.90 Å². The first-order valence-corrected chi connectivity index (χ1v) is 6.41. The van der Waals surface area contributed by atoms with Crippen molar-refractivity contribution < 1.29 is 19.4 Å². The van der Waals surface area contributed by atoms with Gasteiger partial charge in [0.25, 0.3) is 0 Å². The topological polar surface area (TPSA) is 66.8 Å². The molecule has 1 atom stereocenters. The highest BCUT2D eigenvalue weighted by atomic mass is 32.2. The Hall–Kier alpha value is -0.910. The summed E-state index contributed by atoms with van der Waals surface area (Å²) in [5, 5.41) is 8.97. The SMILES string of the molecule is CC(C)COC(=O)N1CCSCC1C(=O)O. The molecule has 0 aromatic heterocycles. The molecule has 0 bridgehead atoms. The predicted octanol–water partition coefficient (Wildman–Crippen LogP) is 1.28. The molecule has 0 spiro atoms. The van der Waals surface area contributed by atoms with Crippen LogP contribution in [0.4, 0.5) is 4.79 Å². The fraction of sp³-hybridized carbons (Fsp3) is 0.800. The first-order valence-electron chi connectivity index (χ1n) is 5.26. The van der Waals surface area contributed by atoms with Crippen molar-refractivity contribution in [3.63, 3.8) is 0 Å². The fourth-order valence-electron chi connectivity index (χ4n) is 1.35. The fourth-order valence-corrected chi connectivity index (χ4v) is 2.39. The number of hydrogen-bond acceptors (Lipinski definition) is 4. The zero-order chi connectivity index (χ0) is 12.1. The van der Waals surface area contributed by atoms with E-state index in [0.717, 1.165) is 5.75 Å². The van der Waals surface area contributed by atoms with Crippen molar-refractivity contribution in [1.29, 1.82) is 0 Å². The summed E-state index contributed by atoms with van der Waals surface area (Å²) in [4.78, 5) is 23.9. The molecule has 1 aliphatic rings. The van der Waals surface area contributed by atoms with Gasteiger partial charge < -0.3 is 9.84 Å².